The van der Waals surface area contributed by atoms with Crippen LogP contribution in [-0.2, 0) is 46.0 Å². The van der Waals surface area contributed by atoms with Gasteiger partial charge in [0.15, 0.2) is 0 Å². The molecule has 258 valence electrons. The van der Waals surface area contributed by atoms with Gasteiger partial charge >= 0.3 is 43.6 Å². The maximum absolute atomic E-state index is 11.7. The van der Waals surface area contributed by atoms with Gasteiger partial charge in [-0.15, -0.1) is 0 Å². The minimum atomic E-state index is -2.68. The number of ether oxygens (including phenoxy) is 3. The topological polar surface area (TPSA) is 107 Å². The summed E-state index contributed by atoms with van der Waals surface area (Å²) in [6.45, 7) is 10.7. The van der Waals surface area contributed by atoms with Crippen molar-refractivity contribution in [3.05, 3.63) is 89.5 Å². The monoisotopic (exact) mass is 708 g/mol. The molecule has 0 saturated carbocycles. The van der Waals surface area contributed by atoms with Crippen LogP contribution in [0.1, 0.15) is 56.7 Å². The van der Waals surface area contributed by atoms with Gasteiger partial charge in [-0.25, -0.2) is 0 Å². The second kappa shape index (κ2) is 16.8. The van der Waals surface area contributed by atoms with Crippen molar-refractivity contribution < 1.29 is 40.9 Å². The fourth-order valence-electron chi connectivity index (χ4n) is 6.43. The Bertz CT molecular complexity index is 1390. The molecule has 0 amide bonds. The molecule has 1 fully saturated rings. The van der Waals surface area contributed by atoms with E-state index in [1.165, 1.54) is 20.8 Å². The lowest BCUT2D eigenvalue weighted by Gasteiger charge is -2.50. The summed E-state index contributed by atoms with van der Waals surface area (Å²) in [4.78, 5) is 35.0. The molecule has 0 radical (unpaired) electrons. The predicted octanol–water partition coefficient (Wildman–Crippen LogP) is 7.94. The van der Waals surface area contributed by atoms with Gasteiger partial charge in [0.25, 0.3) is 0 Å². The first-order valence-electron chi connectivity index (χ1n) is 16.7. The predicted molar refractivity (Wildman–Crippen MR) is 191 cm³/mol. The molecule has 0 bridgehead atoms. The van der Waals surface area contributed by atoms with Crippen molar-refractivity contribution in [1.82, 2.24) is 0 Å². The number of carbonyl (C=O) groups is 3. The third-order valence-corrected chi connectivity index (χ3v) is 22.4. The smallest absolute Gasteiger partial charge is 0.317 e. The van der Waals surface area contributed by atoms with Gasteiger partial charge in [-0.05, 0) is 111 Å². The third-order valence-electron chi connectivity index (χ3n) is 8.21. The third kappa shape index (κ3) is 11.3. The molecule has 4 rings (SSSR count). The number of esters is 3. The molecular formula is C36H48O9Si3. The van der Waals surface area contributed by atoms with E-state index < -0.39 is 25.7 Å². The lowest BCUT2D eigenvalue weighted by Crippen LogP contribution is -2.67. The van der Waals surface area contributed by atoms with Gasteiger partial charge in [0.1, 0.15) is 17.2 Å². The van der Waals surface area contributed by atoms with E-state index in [2.05, 4.69) is 19.6 Å². The van der Waals surface area contributed by atoms with Gasteiger partial charge in [-0.1, -0.05) is 54.6 Å². The fraction of sp³-hybridized carbons (Fsp3) is 0.417. The Kier molecular flexibility index (Phi) is 13.1. The average Bonchev–Trinajstić information content (AvgIpc) is 2.98. The van der Waals surface area contributed by atoms with Crippen LogP contribution in [-0.4, -0.2) is 43.6 Å². The first-order chi connectivity index (χ1) is 22.8. The highest BCUT2D eigenvalue weighted by atomic mass is 28.5. The summed E-state index contributed by atoms with van der Waals surface area (Å²) < 4.78 is 37.3. The van der Waals surface area contributed by atoms with Gasteiger partial charge < -0.3 is 26.6 Å². The van der Waals surface area contributed by atoms with Crippen LogP contribution >= 0.6 is 0 Å². The zero-order valence-electron chi connectivity index (χ0n) is 29.0. The molecule has 48 heavy (non-hydrogen) atoms. The number of rotatable bonds is 15. The van der Waals surface area contributed by atoms with Crippen molar-refractivity contribution >= 4 is 43.6 Å². The molecule has 0 aromatic heterocycles. The van der Waals surface area contributed by atoms with Gasteiger partial charge in [0.2, 0.25) is 0 Å². The van der Waals surface area contributed by atoms with E-state index in [-0.39, 0.29) is 17.9 Å². The van der Waals surface area contributed by atoms with E-state index in [0.717, 1.165) is 73.3 Å². The molecule has 0 spiro atoms. The van der Waals surface area contributed by atoms with E-state index in [1.54, 1.807) is 0 Å². The van der Waals surface area contributed by atoms with Gasteiger partial charge in [0, 0.05) is 20.8 Å². The fourth-order valence-corrected chi connectivity index (χ4v) is 23.9. The number of hydrogen-bond acceptors (Lipinski definition) is 9. The summed E-state index contributed by atoms with van der Waals surface area (Å²) in [6.07, 6.45) is 4.66. The molecule has 0 N–H and O–H groups in total. The molecule has 0 atom stereocenters. The van der Waals surface area contributed by atoms with Crippen LogP contribution in [0.3, 0.4) is 0 Å². The van der Waals surface area contributed by atoms with Crippen LogP contribution in [0.2, 0.25) is 37.8 Å². The Balaban J connectivity index is 1.48. The van der Waals surface area contributed by atoms with Crippen LogP contribution < -0.4 is 14.2 Å². The summed E-state index contributed by atoms with van der Waals surface area (Å²) in [5.41, 5.74) is 2.95. The minimum absolute atomic E-state index is 0.339. The summed E-state index contributed by atoms with van der Waals surface area (Å²) in [5, 5.41) is 0. The highest BCUT2D eigenvalue weighted by Crippen LogP contribution is 2.39. The zero-order valence-corrected chi connectivity index (χ0v) is 32.0. The standard InChI is InChI=1S/C36H48O9Si3/c1-28(37)40-34-22-10-7-16-31(34)19-13-25-46(4)43-47(5,26-14-20-32-17-8-11-23-35(32)41-29(2)38)45-48(6,44-46)27-15-21-33-18-9-12-24-36(33)42-30(3)39/h7-12,16-18,22-24H,13-15,19-21,25-27H2,1-6H3. The Morgan fingerprint density at radius 1 is 0.479 bits per heavy atom. The van der Waals surface area contributed by atoms with Crippen molar-refractivity contribution in [2.45, 2.75) is 97.1 Å². The lowest BCUT2D eigenvalue weighted by atomic mass is 10.1. The molecule has 9 nitrogen and oxygen atoms in total. The SMILES string of the molecule is CC(=O)Oc1ccccc1CCC[Si]1(C)O[Si](C)(CCCc2ccccc2OC(C)=O)O[Si](C)(CCCc2ccccc2OC(C)=O)O1. The van der Waals surface area contributed by atoms with Crippen LogP contribution in [0.5, 0.6) is 17.2 Å². The molecule has 1 aliphatic heterocycles. The van der Waals surface area contributed by atoms with Gasteiger partial charge in [0.05, 0.1) is 0 Å². The van der Waals surface area contributed by atoms with Crippen LogP contribution in [0.4, 0.5) is 0 Å². The van der Waals surface area contributed by atoms with E-state index in [1.807, 2.05) is 72.8 Å². The minimum Gasteiger partial charge on any atom is -0.426 e. The largest absolute Gasteiger partial charge is 0.426 e. The molecule has 12 heteroatoms. The number of hydrogen-bond donors (Lipinski definition) is 0. The Hall–Kier alpha value is -3.40. The summed E-state index contributed by atoms with van der Waals surface area (Å²) in [5.74, 6) is 0.754. The number of carbonyl (C=O) groups excluding carboxylic acids is 3. The highest BCUT2D eigenvalue weighted by molar-refractivity contribution is 6.93. The van der Waals surface area contributed by atoms with Crippen molar-refractivity contribution in [1.29, 1.82) is 0 Å². The maximum Gasteiger partial charge on any atom is 0.317 e. The molecule has 1 aliphatic rings. The molecule has 1 saturated heterocycles. The second-order valence-electron chi connectivity index (χ2n) is 12.9. The normalized spacial score (nSPS) is 22.1. The van der Waals surface area contributed by atoms with Crippen LogP contribution in [0, 0.1) is 0 Å². The molecule has 0 unspecified atom stereocenters. The van der Waals surface area contributed by atoms with Crippen molar-refractivity contribution in [2.24, 2.45) is 0 Å². The molecule has 0 aliphatic carbocycles. The quantitative estimate of drug-likeness (QED) is 0.0884. The molecule has 1 heterocycles. The summed E-state index contributed by atoms with van der Waals surface area (Å²) >= 11 is 0. The number of para-hydroxylation sites is 3. The Morgan fingerprint density at radius 2 is 0.729 bits per heavy atom. The molecular weight excluding hydrogens is 661 g/mol. The van der Waals surface area contributed by atoms with Crippen molar-refractivity contribution in [2.75, 3.05) is 0 Å². The molecule has 3 aromatic carbocycles. The Labute approximate surface area is 287 Å². The van der Waals surface area contributed by atoms with Crippen LogP contribution in [0.15, 0.2) is 72.8 Å². The summed E-state index contributed by atoms with van der Waals surface area (Å²) in [6, 6.07) is 25.2. The van der Waals surface area contributed by atoms with E-state index in [9.17, 15) is 14.4 Å². The molecule has 3 aromatic rings. The van der Waals surface area contributed by atoms with Crippen molar-refractivity contribution in [3.8, 4) is 17.2 Å². The lowest BCUT2D eigenvalue weighted by molar-refractivity contribution is -0.132. The Morgan fingerprint density at radius 3 is 0.979 bits per heavy atom. The van der Waals surface area contributed by atoms with Gasteiger partial charge in [-0.3, -0.25) is 14.4 Å². The highest BCUT2D eigenvalue weighted by Gasteiger charge is 2.55. The summed E-state index contributed by atoms with van der Waals surface area (Å²) in [7, 11) is -8.05. The average molecular weight is 709 g/mol. The zero-order chi connectivity index (χ0) is 34.8. The van der Waals surface area contributed by atoms with Crippen molar-refractivity contribution in [3.63, 3.8) is 0 Å². The van der Waals surface area contributed by atoms with Gasteiger partial charge in [-0.2, -0.15) is 0 Å². The first-order valence-corrected chi connectivity index (χ1v) is 24.2. The number of benzene rings is 3. The number of aryl methyl sites for hydroxylation is 3. The van der Waals surface area contributed by atoms with Crippen LogP contribution in [0.25, 0.3) is 0 Å². The second-order valence-corrected chi connectivity index (χ2v) is 23.6. The van der Waals surface area contributed by atoms with E-state index in [4.69, 9.17) is 26.6 Å². The van der Waals surface area contributed by atoms with E-state index in [0.29, 0.717) is 17.2 Å². The maximum atomic E-state index is 11.7. The van der Waals surface area contributed by atoms with E-state index >= 15 is 0 Å². The first kappa shape index (κ1) is 37.4.